The van der Waals surface area contributed by atoms with Gasteiger partial charge in [-0.05, 0) is 58.8 Å². The fraction of sp³-hybridized carbons (Fsp3) is 1.00. The molecule has 0 aromatic heterocycles. The number of rotatable bonds is 2. The molecule has 0 spiro atoms. The van der Waals surface area contributed by atoms with E-state index < -0.39 is 0 Å². The predicted molar refractivity (Wildman–Crippen MR) is 79.2 cm³/mol. The van der Waals surface area contributed by atoms with Crippen LogP contribution in [0.1, 0.15) is 26.2 Å². The van der Waals surface area contributed by atoms with Gasteiger partial charge in [0.15, 0.2) is 0 Å². The zero-order valence-corrected chi connectivity index (χ0v) is 12.6. The number of hydrogen-bond donors (Lipinski definition) is 1. The lowest BCUT2D eigenvalue weighted by Gasteiger charge is -2.52. The van der Waals surface area contributed by atoms with Gasteiger partial charge in [-0.2, -0.15) is 0 Å². The van der Waals surface area contributed by atoms with E-state index in [0.29, 0.717) is 6.04 Å². The monoisotopic (exact) mass is 266 g/mol. The second-order valence-corrected chi connectivity index (χ2v) is 7.00. The molecule has 3 aliphatic rings. The highest BCUT2D eigenvalue weighted by Gasteiger charge is 2.50. The summed E-state index contributed by atoms with van der Waals surface area (Å²) in [6.45, 7) is 10.8. The second kappa shape index (κ2) is 5.32. The lowest BCUT2D eigenvalue weighted by Crippen LogP contribution is -2.65. The number of likely N-dealkylation sites (N-methyl/N-ethyl adjacent to an activating group) is 1. The first-order chi connectivity index (χ1) is 9.15. The number of hydrogen-bond acceptors (Lipinski definition) is 4. The van der Waals surface area contributed by atoms with Crippen molar-refractivity contribution in [3.63, 3.8) is 0 Å². The Balaban J connectivity index is 1.83. The standard InChI is InChI=1S/C15H30N4/c1-13-10-17(2)6-3-7-19(13)15(12-16)5-9-18-8-4-14(15)11-18/h13-14H,3-12,16H2,1-2H3. The van der Waals surface area contributed by atoms with Crippen LogP contribution < -0.4 is 5.73 Å². The maximum atomic E-state index is 6.33. The predicted octanol–water partition coefficient (Wildman–Crippen LogP) is 0.436. The van der Waals surface area contributed by atoms with Gasteiger partial charge in [0, 0.05) is 37.8 Å². The summed E-state index contributed by atoms with van der Waals surface area (Å²) in [4.78, 5) is 7.91. The van der Waals surface area contributed by atoms with E-state index in [1.165, 1.54) is 58.5 Å². The fourth-order valence-corrected chi connectivity index (χ4v) is 4.83. The van der Waals surface area contributed by atoms with Crippen LogP contribution in [0.25, 0.3) is 0 Å². The third kappa shape index (κ3) is 2.33. The molecule has 0 aliphatic carbocycles. The molecular formula is C15H30N4. The molecule has 4 nitrogen and oxygen atoms in total. The molecule has 4 atom stereocenters. The van der Waals surface area contributed by atoms with Gasteiger partial charge in [-0.3, -0.25) is 4.90 Å². The molecule has 3 aliphatic heterocycles. The van der Waals surface area contributed by atoms with E-state index in [-0.39, 0.29) is 5.54 Å². The van der Waals surface area contributed by atoms with Crippen molar-refractivity contribution in [2.24, 2.45) is 11.7 Å². The fourth-order valence-electron chi connectivity index (χ4n) is 4.83. The topological polar surface area (TPSA) is 35.7 Å². The Morgan fingerprint density at radius 1 is 1.16 bits per heavy atom. The van der Waals surface area contributed by atoms with Crippen LogP contribution in [0.3, 0.4) is 0 Å². The van der Waals surface area contributed by atoms with E-state index in [0.717, 1.165) is 12.5 Å². The molecule has 19 heavy (non-hydrogen) atoms. The summed E-state index contributed by atoms with van der Waals surface area (Å²) in [5, 5.41) is 0. The van der Waals surface area contributed by atoms with Crippen LogP contribution in [-0.4, -0.2) is 79.1 Å². The van der Waals surface area contributed by atoms with Crippen molar-refractivity contribution >= 4 is 0 Å². The van der Waals surface area contributed by atoms with Crippen LogP contribution in [0.4, 0.5) is 0 Å². The number of piperidine rings is 1. The lowest BCUT2D eigenvalue weighted by atomic mass is 9.76. The van der Waals surface area contributed by atoms with Crippen molar-refractivity contribution < 1.29 is 0 Å². The Bertz CT molecular complexity index is 321. The molecule has 2 N–H and O–H groups in total. The highest BCUT2D eigenvalue weighted by Crippen LogP contribution is 2.40. The Morgan fingerprint density at radius 3 is 2.79 bits per heavy atom. The molecule has 3 saturated heterocycles. The SMILES string of the molecule is CC1CN(C)CCCN1C1(CN)CCN2CCC1C2. The molecule has 3 heterocycles. The van der Waals surface area contributed by atoms with E-state index in [1.807, 2.05) is 0 Å². The summed E-state index contributed by atoms with van der Waals surface area (Å²) < 4.78 is 0. The molecule has 110 valence electrons. The third-order valence-corrected chi connectivity index (χ3v) is 5.87. The first kappa shape index (κ1) is 13.8. The van der Waals surface area contributed by atoms with Gasteiger partial charge in [-0.15, -0.1) is 0 Å². The van der Waals surface area contributed by atoms with E-state index in [2.05, 4.69) is 28.7 Å². The summed E-state index contributed by atoms with van der Waals surface area (Å²) in [6.07, 6.45) is 3.93. The average Bonchev–Trinajstić information content (AvgIpc) is 2.72. The van der Waals surface area contributed by atoms with Crippen LogP contribution in [-0.2, 0) is 0 Å². The Kier molecular flexibility index (Phi) is 3.87. The lowest BCUT2D eigenvalue weighted by molar-refractivity contribution is -0.0153. The van der Waals surface area contributed by atoms with Gasteiger partial charge in [0.2, 0.25) is 0 Å². The van der Waals surface area contributed by atoms with Gasteiger partial charge in [-0.25, -0.2) is 0 Å². The van der Waals surface area contributed by atoms with Gasteiger partial charge in [0.05, 0.1) is 0 Å². The summed E-state index contributed by atoms with van der Waals surface area (Å²) in [5.74, 6) is 0.803. The minimum Gasteiger partial charge on any atom is -0.329 e. The molecular weight excluding hydrogens is 236 g/mol. The zero-order chi connectivity index (χ0) is 13.5. The molecule has 0 aromatic rings. The molecule has 3 fully saturated rings. The molecule has 2 bridgehead atoms. The van der Waals surface area contributed by atoms with Crippen molar-refractivity contribution in [1.82, 2.24) is 14.7 Å². The average molecular weight is 266 g/mol. The second-order valence-electron chi connectivity index (χ2n) is 7.00. The molecule has 0 radical (unpaired) electrons. The molecule has 4 heteroatoms. The Morgan fingerprint density at radius 2 is 2.00 bits per heavy atom. The minimum absolute atomic E-state index is 0.289. The molecule has 0 saturated carbocycles. The largest absolute Gasteiger partial charge is 0.329 e. The quantitative estimate of drug-likeness (QED) is 0.786. The maximum Gasteiger partial charge on any atom is 0.0387 e. The van der Waals surface area contributed by atoms with Gasteiger partial charge >= 0.3 is 0 Å². The molecule has 0 aromatic carbocycles. The maximum absolute atomic E-state index is 6.33. The third-order valence-electron chi connectivity index (χ3n) is 5.87. The number of nitrogens with two attached hydrogens (primary N) is 1. The molecule has 3 rings (SSSR count). The van der Waals surface area contributed by atoms with Gasteiger partial charge in [0.1, 0.15) is 0 Å². The molecule has 0 amide bonds. The number of fused-ring (bicyclic) bond motifs is 2. The highest BCUT2D eigenvalue weighted by atomic mass is 15.3. The van der Waals surface area contributed by atoms with Gasteiger partial charge in [0.25, 0.3) is 0 Å². The minimum atomic E-state index is 0.289. The van der Waals surface area contributed by atoms with Crippen molar-refractivity contribution in [1.29, 1.82) is 0 Å². The van der Waals surface area contributed by atoms with E-state index in [1.54, 1.807) is 0 Å². The van der Waals surface area contributed by atoms with Crippen molar-refractivity contribution in [3.05, 3.63) is 0 Å². The smallest absolute Gasteiger partial charge is 0.0387 e. The van der Waals surface area contributed by atoms with Crippen LogP contribution in [0.15, 0.2) is 0 Å². The van der Waals surface area contributed by atoms with Crippen molar-refractivity contribution in [3.8, 4) is 0 Å². The van der Waals surface area contributed by atoms with Gasteiger partial charge in [-0.1, -0.05) is 0 Å². The number of nitrogens with zero attached hydrogens (tertiary/aromatic N) is 3. The van der Waals surface area contributed by atoms with E-state index in [9.17, 15) is 0 Å². The zero-order valence-electron chi connectivity index (χ0n) is 12.6. The van der Waals surface area contributed by atoms with Crippen LogP contribution in [0.2, 0.25) is 0 Å². The molecule has 4 unspecified atom stereocenters. The Hall–Kier alpha value is -0.160. The van der Waals surface area contributed by atoms with Gasteiger partial charge < -0.3 is 15.5 Å². The van der Waals surface area contributed by atoms with E-state index >= 15 is 0 Å². The highest BCUT2D eigenvalue weighted by molar-refractivity contribution is 5.06. The van der Waals surface area contributed by atoms with E-state index in [4.69, 9.17) is 5.73 Å². The normalized spacial score (nSPS) is 45.3. The Labute approximate surface area is 117 Å². The summed E-state index contributed by atoms with van der Waals surface area (Å²) >= 11 is 0. The summed E-state index contributed by atoms with van der Waals surface area (Å²) in [6, 6.07) is 0.642. The van der Waals surface area contributed by atoms with Crippen LogP contribution >= 0.6 is 0 Å². The summed E-state index contributed by atoms with van der Waals surface area (Å²) in [5.41, 5.74) is 6.62. The van der Waals surface area contributed by atoms with Crippen molar-refractivity contribution in [2.45, 2.75) is 37.8 Å². The first-order valence-corrected chi connectivity index (χ1v) is 8.03. The first-order valence-electron chi connectivity index (χ1n) is 8.03. The van der Waals surface area contributed by atoms with Crippen LogP contribution in [0, 0.1) is 5.92 Å². The van der Waals surface area contributed by atoms with Crippen molar-refractivity contribution in [2.75, 3.05) is 52.9 Å². The summed E-state index contributed by atoms with van der Waals surface area (Å²) in [7, 11) is 2.26. The van der Waals surface area contributed by atoms with Crippen LogP contribution in [0.5, 0.6) is 0 Å².